The van der Waals surface area contributed by atoms with Gasteiger partial charge in [0.2, 0.25) is 0 Å². The highest BCUT2D eigenvalue weighted by Crippen LogP contribution is 2.34. The van der Waals surface area contributed by atoms with Crippen molar-refractivity contribution in [3.8, 4) is 0 Å². The van der Waals surface area contributed by atoms with Crippen LogP contribution in [0.15, 0.2) is 12.2 Å². The summed E-state index contributed by atoms with van der Waals surface area (Å²) >= 11 is 0. The summed E-state index contributed by atoms with van der Waals surface area (Å²) in [6.45, 7) is 0.860. The SMILES string of the molecule is O=C1C=CC2(CCCO2)CC1. The molecule has 0 N–H and O–H groups in total. The van der Waals surface area contributed by atoms with Gasteiger partial charge in [0.1, 0.15) is 0 Å². The van der Waals surface area contributed by atoms with Crippen LogP contribution in [0.2, 0.25) is 0 Å². The van der Waals surface area contributed by atoms with Crippen molar-refractivity contribution in [2.24, 2.45) is 0 Å². The largest absolute Gasteiger partial charge is 0.371 e. The van der Waals surface area contributed by atoms with E-state index in [1.165, 1.54) is 0 Å². The third kappa shape index (κ3) is 1.23. The van der Waals surface area contributed by atoms with Gasteiger partial charge in [0, 0.05) is 13.0 Å². The van der Waals surface area contributed by atoms with Gasteiger partial charge in [0.05, 0.1) is 5.60 Å². The van der Waals surface area contributed by atoms with E-state index in [4.69, 9.17) is 4.74 Å². The highest BCUT2D eigenvalue weighted by atomic mass is 16.5. The molecular formula is C9H12O2. The Bertz CT molecular complexity index is 200. The first-order chi connectivity index (χ1) is 5.31. The summed E-state index contributed by atoms with van der Waals surface area (Å²) < 4.78 is 5.59. The van der Waals surface area contributed by atoms with E-state index in [9.17, 15) is 4.79 Å². The first-order valence-corrected chi connectivity index (χ1v) is 4.17. The molecule has 1 atom stereocenters. The quantitative estimate of drug-likeness (QED) is 0.525. The number of hydrogen-bond donors (Lipinski definition) is 0. The lowest BCUT2D eigenvalue weighted by molar-refractivity contribution is -0.116. The van der Waals surface area contributed by atoms with E-state index in [1.54, 1.807) is 6.08 Å². The van der Waals surface area contributed by atoms with Crippen LogP contribution < -0.4 is 0 Å². The van der Waals surface area contributed by atoms with Gasteiger partial charge >= 0.3 is 0 Å². The van der Waals surface area contributed by atoms with Gasteiger partial charge in [0.15, 0.2) is 5.78 Å². The normalized spacial score (nSPS) is 36.9. The van der Waals surface area contributed by atoms with E-state index in [-0.39, 0.29) is 11.4 Å². The number of carbonyl (C=O) groups is 1. The van der Waals surface area contributed by atoms with Crippen LogP contribution in [0, 0.1) is 0 Å². The molecule has 0 aromatic carbocycles. The molecule has 1 fully saturated rings. The molecule has 2 aliphatic rings. The van der Waals surface area contributed by atoms with Crippen molar-refractivity contribution in [1.29, 1.82) is 0 Å². The van der Waals surface area contributed by atoms with E-state index in [0.717, 1.165) is 25.9 Å². The monoisotopic (exact) mass is 152 g/mol. The van der Waals surface area contributed by atoms with Gasteiger partial charge in [-0.25, -0.2) is 0 Å². The predicted octanol–water partition coefficient (Wildman–Crippen LogP) is 1.45. The topological polar surface area (TPSA) is 26.3 Å². The lowest BCUT2D eigenvalue weighted by Gasteiger charge is -2.26. The third-order valence-corrected chi connectivity index (χ3v) is 2.50. The second kappa shape index (κ2) is 2.45. The molecule has 0 aromatic heterocycles. The average molecular weight is 152 g/mol. The summed E-state index contributed by atoms with van der Waals surface area (Å²) in [6.07, 6.45) is 7.41. The molecule has 2 heteroatoms. The van der Waals surface area contributed by atoms with Crippen LogP contribution in [-0.2, 0) is 9.53 Å². The molecule has 1 aliphatic heterocycles. The Balaban J connectivity index is 2.15. The fraction of sp³-hybridized carbons (Fsp3) is 0.667. The summed E-state index contributed by atoms with van der Waals surface area (Å²) in [6, 6.07) is 0. The van der Waals surface area contributed by atoms with E-state index in [2.05, 4.69) is 0 Å². The van der Waals surface area contributed by atoms with Crippen LogP contribution in [0.25, 0.3) is 0 Å². The minimum absolute atomic E-state index is 0.0477. The molecule has 2 rings (SSSR count). The van der Waals surface area contributed by atoms with Crippen molar-refractivity contribution in [3.63, 3.8) is 0 Å². The molecule has 0 bridgehead atoms. The van der Waals surface area contributed by atoms with Gasteiger partial charge in [0.25, 0.3) is 0 Å². The Morgan fingerprint density at radius 3 is 2.91 bits per heavy atom. The Morgan fingerprint density at radius 2 is 2.36 bits per heavy atom. The minimum Gasteiger partial charge on any atom is -0.371 e. The molecule has 1 heterocycles. The average Bonchev–Trinajstić information content (AvgIpc) is 2.45. The van der Waals surface area contributed by atoms with Crippen molar-refractivity contribution in [2.45, 2.75) is 31.3 Å². The first kappa shape index (κ1) is 7.04. The van der Waals surface area contributed by atoms with E-state index in [0.29, 0.717) is 6.42 Å². The smallest absolute Gasteiger partial charge is 0.155 e. The lowest BCUT2D eigenvalue weighted by Crippen LogP contribution is -2.28. The molecule has 1 spiro atoms. The molecule has 1 aliphatic carbocycles. The Hall–Kier alpha value is -0.630. The van der Waals surface area contributed by atoms with Crippen LogP contribution in [-0.4, -0.2) is 18.0 Å². The van der Waals surface area contributed by atoms with Crippen LogP contribution in [0.5, 0.6) is 0 Å². The third-order valence-electron chi connectivity index (χ3n) is 2.50. The fourth-order valence-electron chi connectivity index (χ4n) is 1.79. The van der Waals surface area contributed by atoms with Crippen molar-refractivity contribution in [1.82, 2.24) is 0 Å². The van der Waals surface area contributed by atoms with Gasteiger partial charge in [-0.1, -0.05) is 0 Å². The summed E-state index contributed by atoms with van der Waals surface area (Å²) in [5, 5.41) is 0. The number of rotatable bonds is 0. The molecule has 0 amide bonds. The van der Waals surface area contributed by atoms with E-state index >= 15 is 0 Å². The maximum absolute atomic E-state index is 10.9. The molecule has 0 aromatic rings. The van der Waals surface area contributed by atoms with Gasteiger partial charge in [-0.15, -0.1) is 0 Å². The van der Waals surface area contributed by atoms with Gasteiger partial charge in [-0.05, 0) is 31.4 Å². The van der Waals surface area contributed by atoms with Crippen LogP contribution in [0.1, 0.15) is 25.7 Å². The number of carbonyl (C=O) groups excluding carboxylic acids is 1. The van der Waals surface area contributed by atoms with Crippen molar-refractivity contribution >= 4 is 5.78 Å². The zero-order valence-electron chi connectivity index (χ0n) is 6.51. The van der Waals surface area contributed by atoms with Crippen molar-refractivity contribution < 1.29 is 9.53 Å². The van der Waals surface area contributed by atoms with Crippen molar-refractivity contribution in [3.05, 3.63) is 12.2 Å². The van der Waals surface area contributed by atoms with Gasteiger partial charge in [-0.2, -0.15) is 0 Å². The molecule has 11 heavy (non-hydrogen) atoms. The summed E-state index contributed by atoms with van der Waals surface area (Å²) in [5.74, 6) is 0.242. The molecule has 60 valence electrons. The molecule has 2 nitrogen and oxygen atoms in total. The first-order valence-electron chi connectivity index (χ1n) is 4.17. The molecule has 1 unspecified atom stereocenters. The predicted molar refractivity (Wildman–Crippen MR) is 41.3 cm³/mol. The molecule has 0 radical (unpaired) electrons. The second-order valence-electron chi connectivity index (χ2n) is 3.32. The van der Waals surface area contributed by atoms with Gasteiger partial charge < -0.3 is 4.74 Å². The fourth-order valence-corrected chi connectivity index (χ4v) is 1.79. The maximum Gasteiger partial charge on any atom is 0.155 e. The Morgan fingerprint density at radius 1 is 1.45 bits per heavy atom. The highest BCUT2D eigenvalue weighted by molar-refractivity contribution is 5.90. The van der Waals surface area contributed by atoms with Crippen LogP contribution in [0.4, 0.5) is 0 Å². The number of allylic oxidation sites excluding steroid dienone is 1. The lowest BCUT2D eigenvalue weighted by atomic mass is 9.88. The minimum atomic E-state index is -0.0477. The van der Waals surface area contributed by atoms with Crippen molar-refractivity contribution in [2.75, 3.05) is 6.61 Å². The summed E-state index contributed by atoms with van der Waals surface area (Å²) in [4.78, 5) is 10.9. The summed E-state index contributed by atoms with van der Waals surface area (Å²) in [7, 11) is 0. The van der Waals surface area contributed by atoms with E-state index in [1.807, 2.05) is 6.08 Å². The standard InChI is InChI=1S/C9H12O2/c10-8-2-5-9(6-3-8)4-1-7-11-9/h2,5H,1,3-4,6-7H2. The Labute approximate surface area is 66.2 Å². The Kier molecular flexibility index (Phi) is 1.57. The second-order valence-corrected chi connectivity index (χ2v) is 3.32. The number of hydrogen-bond acceptors (Lipinski definition) is 2. The highest BCUT2D eigenvalue weighted by Gasteiger charge is 2.34. The van der Waals surface area contributed by atoms with Crippen LogP contribution >= 0.6 is 0 Å². The number of ketones is 1. The number of ether oxygens (including phenoxy) is 1. The maximum atomic E-state index is 10.9. The summed E-state index contributed by atoms with van der Waals surface area (Å²) in [5.41, 5.74) is -0.0477. The molecule has 1 saturated heterocycles. The zero-order chi connectivity index (χ0) is 7.73. The molecular weight excluding hydrogens is 140 g/mol. The van der Waals surface area contributed by atoms with Crippen LogP contribution in [0.3, 0.4) is 0 Å². The van der Waals surface area contributed by atoms with Gasteiger partial charge in [-0.3, -0.25) is 4.79 Å². The van der Waals surface area contributed by atoms with E-state index < -0.39 is 0 Å². The zero-order valence-corrected chi connectivity index (χ0v) is 6.51. The molecule has 0 saturated carbocycles.